The molecule has 34 heavy (non-hydrogen) atoms. The predicted octanol–water partition coefficient (Wildman–Crippen LogP) is 4.26. The second-order valence-electron chi connectivity index (χ2n) is 9.03. The third-order valence-corrected chi connectivity index (χ3v) is 6.33. The third-order valence-electron chi connectivity index (χ3n) is 6.33. The summed E-state index contributed by atoms with van der Waals surface area (Å²) in [4.78, 5) is 27.3. The number of carbonyl (C=O) groups excluding carboxylic acids is 2. The van der Waals surface area contributed by atoms with Gasteiger partial charge in [0.15, 0.2) is 17.6 Å². The minimum atomic E-state index is -0.536. The van der Waals surface area contributed by atoms with Gasteiger partial charge in [0.1, 0.15) is 5.75 Å². The lowest BCUT2D eigenvalue weighted by Crippen LogP contribution is -2.46. The van der Waals surface area contributed by atoms with E-state index in [0.717, 1.165) is 12.8 Å². The molecule has 1 atom stereocenters. The highest BCUT2D eigenvalue weighted by Gasteiger charge is 2.27. The number of hydrogen-bond acceptors (Lipinski definition) is 5. The molecule has 2 aromatic rings. The molecule has 0 aromatic heterocycles. The van der Waals surface area contributed by atoms with Crippen molar-refractivity contribution in [2.24, 2.45) is 5.92 Å². The van der Waals surface area contributed by atoms with Gasteiger partial charge in [0, 0.05) is 25.2 Å². The van der Waals surface area contributed by atoms with E-state index in [2.05, 4.69) is 19.2 Å². The van der Waals surface area contributed by atoms with Gasteiger partial charge < -0.3 is 24.4 Å². The normalized spacial score (nSPS) is 15.1. The Hall–Kier alpha value is -3.22. The van der Waals surface area contributed by atoms with Gasteiger partial charge in [0.2, 0.25) is 0 Å². The highest BCUT2D eigenvalue weighted by Crippen LogP contribution is 2.27. The van der Waals surface area contributed by atoms with Gasteiger partial charge in [-0.15, -0.1) is 0 Å². The van der Waals surface area contributed by atoms with Crippen molar-refractivity contribution in [1.82, 2.24) is 10.2 Å². The number of methoxy groups -OCH3 is 2. The predicted molar refractivity (Wildman–Crippen MR) is 132 cm³/mol. The van der Waals surface area contributed by atoms with Gasteiger partial charge in [-0.3, -0.25) is 9.59 Å². The molecule has 184 valence electrons. The number of carbonyl (C=O) groups is 2. The first kappa shape index (κ1) is 25.4. The van der Waals surface area contributed by atoms with E-state index < -0.39 is 6.10 Å². The fourth-order valence-corrected chi connectivity index (χ4v) is 4.12. The molecule has 1 N–H and O–H groups in total. The number of likely N-dealkylation sites (tertiary alicyclic amines) is 1. The summed E-state index contributed by atoms with van der Waals surface area (Å²) in [6.45, 7) is 7.99. The maximum Gasteiger partial charge on any atom is 0.263 e. The Balaban J connectivity index is 1.44. The Labute approximate surface area is 202 Å². The molecular formula is C27H36N2O5. The molecule has 1 unspecified atom stereocenters. The van der Waals surface area contributed by atoms with Crippen LogP contribution in [0.5, 0.6) is 17.2 Å². The minimum Gasteiger partial charge on any atom is -0.493 e. The van der Waals surface area contributed by atoms with E-state index in [4.69, 9.17) is 14.2 Å². The highest BCUT2D eigenvalue weighted by molar-refractivity contribution is 5.94. The standard InChI is InChI=1S/C27H36N2O5/c1-18(2)21-6-9-23(10-7-21)34-19(3)27(31)29-14-12-20(13-15-29)17-28-26(30)22-8-11-24(32-4)25(16-22)33-5/h6-11,16,18-20H,12-15,17H2,1-5H3,(H,28,30). The van der Waals surface area contributed by atoms with Gasteiger partial charge in [0.25, 0.3) is 11.8 Å². The number of amides is 2. The summed E-state index contributed by atoms with van der Waals surface area (Å²) in [5, 5.41) is 3.01. The van der Waals surface area contributed by atoms with E-state index in [1.807, 2.05) is 29.2 Å². The summed E-state index contributed by atoms with van der Waals surface area (Å²) in [5.41, 5.74) is 1.77. The molecule has 0 radical (unpaired) electrons. The molecule has 0 spiro atoms. The fraction of sp³-hybridized carbons (Fsp3) is 0.481. The van der Waals surface area contributed by atoms with Gasteiger partial charge in [-0.1, -0.05) is 26.0 Å². The zero-order valence-corrected chi connectivity index (χ0v) is 20.8. The molecule has 7 heteroatoms. The molecule has 1 saturated heterocycles. The van der Waals surface area contributed by atoms with Crippen LogP contribution in [0.25, 0.3) is 0 Å². The number of hydrogen-bond donors (Lipinski definition) is 1. The first-order valence-corrected chi connectivity index (χ1v) is 11.9. The lowest BCUT2D eigenvalue weighted by molar-refractivity contribution is -0.139. The molecule has 0 saturated carbocycles. The van der Waals surface area contributed by atoms with Crippen LogP contribution < -0.4 is 19.5 Å². The van der Waals surface area contributed by atoms with Crippen molar-refractivity contribution in [3.8, 4) is 17.2 Å². The number of nitrogens with one attached hydrogen (secondary N) is 1. The van der Waals surface area contributed by atoms with Crippen molar-refractivity contribution < 1.29 is 23.8 Å². The maximum atomic E-state index is 12.9. The molecule has 1 fully saturated rings. The zero-order valence-electron chi connectivity index (χ0n) is 20.8. The van der Waals surface area contributed by atoms with Gasteiger partial charge in [-0.2, -0.15) is 0 Å². The fourth-order valence-electron chi connectivity index (χ4n) is 4.12. The molecule has 0 bridgehead atoms. The summed E-state index contributed by atoms with van der Waals surface area (Å²) in [7, 11) is 3.11. The summed E-state index contributed by atoms with van der Waals surface area (Å²) >= 11 is 0. The number of benzene rings is 2. The summed E-state index contributed by atoms with van der Waals surface area (Å²) in [6, 6.07) is 13.0. The first-order chi connectivity index (χ1) is 16.3. The van der Waals surface area contributed by atoms with E-state index in [1.54, 1.807) is 39.3 Å². The van der Waals surface area contributed by atoms with Crippen molar-refractivity contribution in [3.05, 3.63) is 53.6 Å². The average Bonchev–Trinajstić information content (AvgIpc) is 2.86. The first-order valence-electron chi connectivity index (χ1n) is 11.9. The van der Waals surface area contributed by atoms with Crippen molar-refractivity contribution in [2.75, 3.05) is 33.9 Å². The summed E-state index contributed by atoms with van der Waals surface area (Å²) < 4.78 is 16.4. The number of piperidine rings is 1. The van der Waals surface area contributed by atoms with Crippen molar-refractivity contribution in [1.29, 1.82) is 0 Å². The van der Waals surface area contributed by atoms with E-state index in [0.29, 0.717) is 54.3 Å². The van der Waals surface area contributed by atoms with Crippen LogP contribution in [0.15, 0.2) is 42.5 Å². The van der Waals surface area contributed by atoms with Crippen molar-refractivity contribution >= 4 is 11.8 Å². The maximum absolute atomic E-state index is 12.9. The van der Waals surface area contributed by atoms with Crippen LogP contribution in [0.1, 0.15) is 55.5 Å². The van der Waals surface area contributed by atoms with Gasteiger partial charge >= 0.3 is 0 Å². The molecule has 2 amide bonds. The Morgan fingerprint density at radius 2 is 1.62 bits per heavy atom. The Morgan fingerprint density at radius 1 is 0.971 bits per heavy atom. The Morgan fingerprint density at radius 3 is 2.21 bits per heavy atom. The van der Waals surface area contributed by atoms with Gasteiger partial charge in [-0.05, 0) is 67.5 Å². The lowest BCUT2D eigenvalue weighted by atomic mass is 9.96. The third kappa shape index (κ3) is 6.43. The van der Waals surface area contributed by atoms with E-state index >= 15 is 0 Å². The van der Waals surface area contributed by atoms with Crippen LogP contribution in [0.4, 0.5) is 0 Å². The largest absolute Gasteiger partial charge is 0.493 e. The van der Waals surface area contributed by atoms with Crippen molar-refractivity contribution in [2.45, 2.75) is 45.6 Å². The number of ether oxygens (including phenoxy) is 3. The van der Waals surface area contributed by atoms with Crippen LogP contribution in [0, 0.1) is 5.92 Å². The van der Waals surface area contributed by atoms with Gasteiger partial charge in [-0.25, -0.2) is 0 Å². The van der Waals surface area contributed by atoms with Crippen molar-refractivity contribution in [3.63, 3.8) is 0 Å². The zero-order chi connectivity index (χ0) is 24.7. The molecule has 1 aliphatic heterocycles. The number of rotatable bonds is 9. The monoisotopic (exact) mass is 468 g/mol. The average molecular weight is 469 g/mol. The van der Waals surface area contributed by atoms with E-state index in [1.165, 1.54) is 5.56 Å². The topological polar surface area (TPSA) is 77.1 Å². The second kappa shape index (κ2) is 11.8. The molecule has 7 nitrogen and oxygen atoms in total. The highest BCUT2D eigenvalue weighted by atomic mass is 16.5. The van der Waals surface area contributed by atoms with Crippen LogP contribution in [0.2, 0.25) is 0 Å². The molecule has 3 rings (SSSR count). The quantitative estimate of drug-likeness (QED) is 0.595. The SMILES string of the molecule is COc1ccc(C(=O)NCC2CCN(C(=O)C(C)Oc3ccc(C(C)C)cc3)CC2)cc1OC. The Kier molecular flexibility index (Phi) is 8.79. The molecule has 1 heterocycles. The van der Waals surface area contributed by atoms with E-state index in [9.17, 15) is 9.59 Å². The van der Waals surface area contributed by atoms with Crippen LogP contribution in [-0.2, 0) is 4.79 Å². The summed E-state index contributed by atoms with van der Waals surface area (Å²) in [6.07, 6.45) is 1.15. The van der Waals surface area contributed by atoms with Crippen LogP contribution in [0.3, 0.4) is 0 Å². The van der Waals surface area contributed by atoms with Gasteiger partial charge in [0.05, 0.1) is 14.2 Å². The summed E-state index contributed by atoms with van der Waals surface area (Å²) in [5.74, 6) is 2.45. The van der Waals surface area contributed by atoms with E-state index in [-0.39, 0.29) is 11.8 Å². The number of nitrogens with zero attached hydrogens (tertiary/aromatic N) is 1. The van der Waals surface area contributed by atoms with Crippen LogP contribution in [-0.4, -0.2) is 56.7 Å². The molecular weight excluding hydrogens is 432 g/mol. The molecule has 2 aromatic carbocycles. The van der Waals surface area contributed by atoms with Crippen LogP contribution >= 0.6 is 0 Å². The Bertz CT molecular complexity index is 965. The minimum absolute atomic E-state index is 0.000694. The molecule has 1 aliphatic rings. The lowest BCUT2D eigenvalue weighted by Gasteiger charge is -2.33. The molecule has 0 aliphatic carbocycles. The second-order valence-corrected chi connectivity index (χ2v) is 9.03. The smallest absolute Gasteiger partial charge is 0.263 e.